The molecule has 0 unspecified atom stereocenters. The van der Waals surface area contributed by atoms with E-state index in [1.807, 2.05) is 19.9 Å². The summed E-state index contributed by atoms with van der Waals surface area (Å²) in [5, 5.41) is 8.38. The number of nitrogens with zero attached hydrogens (tertiary/aromatic N) is 1. The second-order valence-corrected chi connectivity index (χ2v) is 2.92. The lowest BCUT2D eigenvalue weighted by Crippen LogP contribution is -2.35. The lowest BCUT2D eigenvalue weighted by Gasteiger charge is -2.31. The molecule has 1 aliphatic heterocycles. The van der Waals surface area contributed by atoms with Gasteiger partial charge >= 0.3 is 0 Å². The number of hydrogen-bond acceptors (Lipinski definition) is 3. The van der Waals surface area contributed by atoms with Crippen molar-refractivity contribution in [3.8, 4) is 6.07 Å². The Labute approximate surface area is 66.9 Å². The predicted octanol–water partition coefficient (Wildman–Crippen LogP) is 1.44. The van der Waals surface area contributed by atoms with Gasteiger partial charge in [0.2, 0.25) is 0 Å². The second kappa shape index (κ2) is 3.70. The highest BCUT2D eigenvalue weighted by atomic mass is 16.7. The van der Waals surface area contributed by atoms with Crippen LogP contribution < -0.4 is 0 Å². The molecular formula is C8H13NO2. The van der Waals surface area contributed by atoms with Crippen LogP contribution in [0.4, 0.5) is 0 Å². The van der Waals surface area contributed by atoms with Crippen molar-refractivity contribution in [1.29, 1.82) is 5.26 Å². The lowest BCUT2D eigenvalue weighted by molar-refractivity contribution is -0.231. The molecule has 0 spiro atoms. The van der Waals surface area contributed by atoms with Crippen LogP contribution in [0.3, 0.4) is 0 Å². The van der Waals surface area contributed by atoms with Crippen LogP contribution in [0.5, 0.6) is 0 Å². The Morgan fingerprint density at radius 2 is 1.91 bits per heavy atom. The minimum atomic E-state index is -0.307. The second-order valence-electron chi connectivity index (χ2n) is 2.92. The van der Waals surface area contributed by atoms with Crippen molar-refractivity contribution in [2.24, 2.45) is 0 Å². The number of ether oxygens (including phenoxy) is 2. The molecule has 1 heterocycles. The summed E-state index contributed by atoms with van der Waals surface area (Å²) >= 11 is 0. The molecule has 3 nitrogen and oxygen atoms in total. The maximum Gasteiger partial charge on any atom is 0.171 e. The average molecular weight is 155 g/mol. The fourth-order valence-corrected chi connectivity index (χ4v) is 1.30. The third-order valence-corrected chi connectivity index (χ3v) is 1.69. The Balaban J connectivity index is 2.38. The van der Waals surface area contributed by atoms with E-state index in [2.05, 4.69) is 0 Å². The Hall–Kier alpha value is -0.590. The average Bonchev–Trinajstić information content (AvgIpc) is 1.85. The largest absolute Gasteiger partial charge is 0.349 e. The summed E-state index contributed by atoms with van der Waals surface area (Å²) in [6, 6.07) is 2.03. The maximum atomic E-state index is 8.38. The summed E-state index contributed by atoms with van der Waals surface area (Å²) in [5.74, 6) is 0. The van der Waals surface area contributed by atoms with E-state index < -0.39 is 0 Å². The molecule has 1 saturated heterocycles. The molecule has 1 aliphatic rings. The molecule has 0 N–H and O–H groups in total. The van der Waals surface area contributed by atoms with Gasteiger partial charge in [0.05, 0.1) is 24.7 Å². The van der Waals surface area contributed by atoms with E-state index >= 15 is 0 Å². The highest BCUT2D eigenvalue weighted by Crippen LogP contribution is 2.19. The summed E-state index contributed by atoms with van der Waals surface area (Å²) < 4.78 is 10.7. The van der Waals surface area contributed by atoms with E-state index in [1.165, 1.54) is 0 Å². The lowest BCUT2D eigenvalue weighted by atomic mass is 10.2. The van der Waals surface area contributed by atoms with Crippen LogP contribution >= 0.6 is 0 Å². The van der Waals surface area contributed by atoms with E-state index in [4.69, 9.17) is 14.7 Å². The smallest absolute Gasteiger partial charge is 0.171 e. The fraction of sp³-hybridized carbons (Fsp3) is 0.875. The SMILES string of the molecule is C[C@@H]1C[C@@H](C)OC(CC#N)O1. The topological polar surface area (TPSA) is 42.2 Å². The first-order valence-electron chi connectivity index (χ1n) is 3.90. The summed E-state index contributed by atoms with van der Waals surface area (Å²) in [4.78, 5) is 0. The standard InChI is InChI=1S/C8H13NO2/c1-6-5-7(2)11-8(10-6)3-4-9/h6-8H,3,5H2,1-2H3/t6-,7-/m1/s1. The maximum absolute atomic E-state index is 8.38. The molecule has 0 radical (unpaired) electrons. The van der Waals surface area contributed by atoms with Gasteiger partial charge in [-0.1, -0.05) is 0 Å². The molecular weight excluding hydrogens is 142 g/mol. The van der Waals surface area contributed by atoms with Crippen molar-refractivity contribution in [3.05, 3.63) is 0 Å². The first kappa shape index (κ1) is 8.51. The van der Waals surface area contributed by atoms with Crippen molar-refractivity contribution in [2.75, 3.05) is 0 Å². The van der Waals surface area contributed by atoms with Crippen LogP contribution in [0.15, 0.2) is 0 Å². The van der Waals surface area contributed by atoms with E-state index in [-0.39, 0.29) is 18.5 Å². The monoisotopic (exact) mass is 155 g/mol. The molecule has 3 heteroatoms. The quantitative estimate of drug-likeness (QED) is 0.575. The van der Waals surface area contributed by atoms with Gasteiger partial charge in [-0.2, -0.15) is 5.26 Å². The first-order chi connectivity index (χ1) is 5.22. The van der Waals surface area contributed by atoms with Gasteiger partial charge in [0.15, 0.2) is 6.29 Å². The van der Waals surface area contributed by atoms with Crippen molar-refractivity contribution < 1.29 is 9.47 Å². The first-order valence-corrected chi connectivity index (χ1v) is 3.90. The minimum Gasteiger partial charge on any atom is -0.349 e. The van der Waals surface area contributed by atoms with Crippen LogP contribution in [-0.4, -0.2) is 18.5 Å². The fourth-order valence-electron chi connectivity index (χ4n) is 1.30. The minimum absolute atomic E-state index is 0.220. The Kier molecular flexibility index (Phi) is 2.86. The van der Waals surface area contributed by atoms with E-state index in [0.717, 1.165) is 6.42 Å². The number of hydrogen-bond donors (Lipinski definition) is 0. The van der Waals surface area contributed by atoms with Gasteiger partial charge in [0, 0.05) is 0 Å². The van der Waals surface area contributed by atoms with Crippen LogP contribution in [-0.2, 0) is 9.47 Å². The molecule has 0 aromatic rings. The van der Waals surface area contributed by atoms with E-state index in [9.17, 15) is 0 Å². The van der Waals surface area contributed by atoms with Crippen LogP contribution in [0, 0.1) is 11.3 Å². The predicted molar refractivity (Wildman–Crippen MR) is 39.7 cm³/mol. The van der Waals surface area contributed by atoms with Gasteiger partial charge < -0.3 is 9.47 Å². The van der Waals surface area contributed by atoms with Crippen molar-refractivity contribution in [2.45, 2.75) is 45.2 Å². The molecule has 2 atom stereocenters. The molecule has 0 aliphatic carbocycles. The van der Waals surface area contributed by atoms with Crippen molar-refractivity contribution in [3.63, 3.8) is 0 Å². The van der Waals surface area contributed by atoms with Gasteiger partial charge in [0.25, 0.3) is 0 Å². The Morgan fingerprint density at radius 1 is 1.36 bits per heavy atom. The Bertz CT molecular complexity index is 154. The van der Waals surface area contributed by atoms with Gasteiger partial charge in [-0.15, -0.1) is 0 Å². The van der Waals surface area contributed by atoms with E-state index in [1.54, 1.807) is 0 Å². The van der Waals surface area contributed by atoms with Crippen molar-refractivity contribution in [1.82, 2.24) is 0 Å². The highest BCUT2D eigenvalue weighted by Gasteiger charge is 2.24. The van der Waals surface area contributed by atoms with Crippen LogP contribution in [0.2, 0.25) is 0 Å². The molecule has 11 heavy (non-hydrogen) atoms. The number of nitriles is 1. The van der Waals surface area contributed by atoms with E-state index in [0.29, 0.717) is 6.42 Å². The molecule has 62 valence electrons. The molecule has 0 aromatic heterocycles. The number of rotatable bonds is 1. The molecule has 0 amide bonds. The highest BCUT2D eigenvalue weighted by molar-refractivity contribution is 4.75. The zero-order valence-electron chi connectivity index (χ0n) is 6.91. The molecule has 1 rings (SSSR count). The molecule has 1 fully saturated rings. The molecule has 0 aromatic carbocycles. The molecule has 0 bridgehead atoms. The zero-order chi connectivity index (χ0) is 8.27. The summed E-state index contributed by atoms with van der Waals surface area (Å²) in [6.07, 6.45) is 1.38. The van der Waals surface area contributed by atoms with Crippen LogP contribution in [0.25, 0.3) is 0 Å². The third kappa shape index (κ3) is 2.49. The third-order valence-electron chi connectivity index (χ3n) is 1.69. The van der Waals surface area contributed by atoms with Crippen molar-refractivity contribution >= 4 is 0 Å². The van der Waals surface area contributed by atoms with Gasteiger partial charge in [-0.05, 0) is 20.3 Å². The van der Waals surface area contributed by atoms with Gasteiger partial charge in [0.1, 0.15) is 0 Å². The van der Waals surface area contributed by atoms with Gasteiger partial charge in [-0.25, -0.2) is 0 Å². The van der Waals surface area contributed by atoms with Gasteiger partial charge in [-0.3, -0.25) is 0 Å². The summed E-state index contributed by atoms with van der Waals surface area (Å²) in [5.41, 5.74) is 0. The summed E-state index contributed by atoms with van der Waals surface area (Å²) in [6.45, 7) is 4.01. The molecule has 0 saturated carbocycles. The van der Waals surface area contributed by atoms with Crippen LogP contribution in [0.1, 0.15) is 26.7 Å². The zero-order valence-corrected chi connectivity index (χ0v) is 6.91. The summed E-state index contributed by atoms with van der Waals surface area (Å²) in [7, 11) is 0. The Morgan fingerprint density at radius 3 is 2.36 bits per heavy atom. The normalized spacial score (nSPS) is 38.1.